The van der Waals surface area contributed by atoms with E-state index in [1.54, 1.807) is 33.8 Å². The minimum absolute atomic E-state index is 0.109. The molecule has 200 valence electrons. The van der Waals surface area contributed by atoms with E-state index in [-0.39, 0.29) is 23.4 Å². The molecule has 1 aromatic rings. The van der Waals surface area contributed by atoms with Gasteiger partial charge in [-0.3, -0.25) is 9.79 Å². The molecular formula is C24H35BrFN3O5SSi. The van der Waals surface area contributed by atoms with Crippen LogP contribution < -0.4 is 0 Å². The normalized spacial score (nSPS) is 25.5. The third kappa shape index (κ3) is 6.31. The number of methoxy groups -OCH3 is 1. The first-order valence-electron chi connectivity index (χ1n) is 11.8. The fraction of sp³-hybridized carbons (Fsp3) is 0.667. The minimum atomic E-state index is -1.36. The lowest BCUT2D eigenvalue weighted by Crippen LogP contribution is -2.47. The molecule has 0 aromatic carbocycles. The van der Waals surface area contributed by atoms with Gasteiger partial charge in [-0.05, 0) is 62.2 Å². The molecule has 1 fully saturated rings. The predicted octanol–water partition coefficient (Wildman–Crippen LogP) is 5.78. The molecule has 2 aliphatic rings. The van der Waals surface area contributed by atoms with Crippen LogP contribution in [0, 0.1) is 11.9 Å². The summed E-state index contributed by atoms with van der Waals surface area (Å²) in [7, 11) is -0.0370. The van der Waals surface area contributed by atoms with Crippen molar-refractivity contribution in [3.8, 4) is 0 Å². The average molecular weight is 605 g/mol. The van der Waals surface area contributed by atoms with Gasteiger partial charge in [0.1, 0.15) is 17.1 Å². The maximum Gasteiger partial charge on any atom is 0.418 e. The van der Waals surface area contributed by atoms with Crippen LogP contribution in [0.25, 0.3) is 0 Å². The maximum absolute atomic E-state index is 15.0. The van der Waals surface area contributed by atoms with E-state index in [4.69, 9.17) is 19.2 Å². The van der Waals surface area contributed by atoms with E-state index in [0.717, 1.165) is 17.8 Å². The number of ether oxygens (including phenoxy) is 3. The van der Waals surface area contributed by atoms with Crippen molar-refractivity contribution in [1.29, 1.82) is 0 Å². The SMILES string of the molecule is COC(=O)[C@]12CC1[C@@](C)(c1cc(Br)cnc1F)N=C(N(COCC[Si](C)(C)C)C(=O)OC(C)(C)C)S2. The Hall–Kier alpha value is -1.50. The van der Waals surface area contributed by atoms with Crippen LogP contribution in [0.5, 0.6) is 0 Å². The lowest BCUT2D eigenvalue weighted by atomic mass is 9.87. The largest absolute Gasteiger partial charge is 0.468 e. The van der Waals surface area contributed by atoms with Gasteiger partial charge in [0.2, 0.25) is 5.95 Å². The van der Waals surface area contributed by atoms with Gasteiger partial charge >= 0.3 is 12.1 Å². The van der Waals surface area contributed by atoms with Crippen molar-refractivity contribution >= 4 is 53.0 Å². The Morgan fingerprint density at radius 2 is 2.00 bits per heavy atom. The van der Waals surface area contributed by atoms with Crippen LogP contribution in [0.3, 0.4) is 0 Å². The molecule has 36 heavy (non-hydrogen) atoms. The van der Waals surface area contributed by atoms with E-state index in [2.05, 4.69) is 40.6 Å². The van der Waals surface area contributed by atoms with E-state index in [0.29, 0.717) is 17.5 Å². The van der Waals surface area contributed by atoms with Gasteiger partial charge in [0.05, 0.1) is 12.6 Å². The molecule has 1 amide bonds. The quantitative estimate of drug-likeness (QED) is 0.128. The summed E-state index contributed by atoms with van der Waals surface area (Å²) in [6.07, 6.45) is 1.12. The number of thioether (sulfide) groups is 1. The Bertz CT molecular complexity index is 1060. The summed E-state index contributed by atoms with van der Waals surface area (Å²) in [5.41, 5.74) is -1.71. The summed E-state index contributed by atoms with van der Waals surface area (Å²) in [6.45, 7) is 14.1. The first kappa shape index (κ1) is 29.1. The number of esters is 1. The second-order valence-corrected chi connectivity index (χ2v) is 19.4. The van der Waals surface area contributed by atoms with Crippen LogP contribution in [0.15, 0.2) is 21.7 Å². The van der Waals surface area contributed by atoms with Crippen LogP contribution >= 0.6 is 27.7 Å². The molecule has 8 nitrogen and oxygen atoms in total. The van der Waals surface area contributed by atoms with Crippen LogP contribution in [-0.2, 0) is 24.5 Å². The summed E-state index contributed by atoms with van der Waals surface area (Å²) in [4.78, 5) is 36.3. The van der Waals surface area contributed by atoms with Gasteiger partial charge in [-0.2, -0.15) is 4.39 Å². The summed E-state index contributed by atoms with van der Waals surface area (Å²) in [5.74, 6) is -1.47. The Morgan fingerprint density at radius 1 is 1.33 bits per heavy atom. The molecule has 3 rings (SSSR count). The molecule has 3 atom stereocenters. The second kappa shape index (κ2) is 10.3. The number of amidine groups is 1. The zero-order valence-corrected chi connectivity index (χ0v) is 25.5. The molecule has 0 N–H and O–H groups in total. The highest BCUT2D eigenvalue weighted by Gasteiger charge is 2.72. The Labute approximate surface area is 225 Å². The van der Waals surface area contributed by atoms with Crippen molar-refractivity contribution in [2.45, 2.75) is 75.7 Å². The number of fused-ring (bicyclic) bond motifs is 1. The van der Waals surface area contributed by atoms with E-state index in [1.807, 2.05) is 0 Å². The monoisotopic (exact) mass is 603 g/mol. The number of carbonyl (C=O) groups is 2. The van der Waals surface area contributed by atoms with Gasteiger partial charge in [0, 0.05) is 36.8 Å². The molecule has 0 radical (unpaired) electrons. The molecule has 1 aliphatic heterocycles. The van der Waals surface area contributed by atoms with Crippen molar-refractivity contribution in [3.05, 3.63) is 28.2 Å². The smallest absolute Gasteiger partial charge is 0.418 e. The number of hydrogen-bond acceptors (Lipinski definition) is 8. The number of aliphatic imine (C=N–C) groups is 1. The summed E-state index contributed by atoms with van der Waals surface area (Å²) >= 11 is 4.51. The van der Waals surface area contributed by atoms with Crippen molar-refractivity contribution < 1.29 is 28.2 Å². The fourth-order valence-electron chi connectivity index (χ4n) is 4.09. The first-order valence-corrected chi connectivity index (χ1v) is 17.1. The molecule has 0 bridgehead atoms. The molecule has 0 spiro atoms. The van der Waals surface area contributed by atoms with E-state index >= 15 is 4.39 Å². The topological polar surface area (TPSA) is 90.3 Å². The van der Waals surface area contributed by atoms with Crippen molar-refractivity contribution in [2.24, 2.45) is 10.9 Å². The molecule has 1 aliphatic carbocycles. The Morgan fingerprint density at radius 3 is 2.58 bits per heavy atom. The van der Waals surface area contributed by atoms with Gasteiger partial charge in [-0.15, -0.1) is 0 Å². The Balaban J connectivity index is 2.05. The summed E-state index contributed by atoms with van der Waals surface area (Å²) in [5, 5.41) is 0.221. The summed E-state index contributed by atoms with van der Waals surface area (Å²) in [6, 6.07) is 2.53. The van der Waals surface area contributed by atoms with Gasteiger partial charge in [-0.1, -0.05) is 31.4 Å². The highest BCUT2D eigenvalue weighted by molar-refractivity contribution is 9.10. The molecule has 12 heteroatoms. The van der Waals surface area contributed by atoms with Crippen LogP contribution in [0.4, 0.5) is 9.18 Å². The van der Waals surface area contributed by atoms with Crippen LogP contribution in [0.2, 0.25) is 25.7 Å². The van der Waals surface area contributed by atoms with E-state index in [1.165, 1.54) is 18.2 Å². The third-order valence-electron chi connectivity index (χ3n) is 6.13. The molecule has 2 heterocycles. The maximum atomic E-state index is 15.0. The molecular weight excluding hydrogens is 569 g/mol. The lowest BCUT2D eigenvalue weighted by molar-refractivity contribution is -0.141. The highest BCUT2D eigenvalue weighted by Crippen LogP contribution is 2.67. The second-order valence-electron chi connectivity index (χ2n) is 11.5. The first-order chi connectivity index (χ1) is 16.5. The number of hydrogen-bond donors (Lipinski definition) is 0. The average Bonchev–Trinajstić information content (AvgIpc) is 3.49. The number of rotatable bonds is 7. The molecule has 1 aromatic heterocycles. The zero-order valence-electron chi connectivity index (χ0n) is 22.1. The van der Waals surface area contributed by atoms with Crippen molar-refractivity contribution in [2.75, 3.05) is 20.4 Å². The number of halogens is 2. The van der Waals surface area contributed by atoms with Crippen molar-refractivity contribution in [3.63, 3.8) is 0 Å². The van der Waals surface area contributed by atoms with E-state index < -0.39 is 42.0 Å². The lowest BCUT2D eigenvalue weighted by Gasteiger charge is -2.37. The number of aromatic nitrogens is 1. The molecule has 1 saturated carbocycles. The predicted molar refractivity (Wildman–Crippen MR) is 144 cm³/mol. The number of pyridine rings is 1. The third-order valence-corrected chi connectivity index (χ3v) is 9.75. The summed E-state index contributed by atoms with van der Waals surface area (Å²) < 4.78 is 31.3. The number of amides is 1. The van der Waals surface area contributed by atoms with Gasteiger partial charge in [0.25, 0.3) is 0 Å². The van der Waals surface area contributed by atoms with Crippen LogP contribution in [0.1, 0.15) is 39.7 Å². The Kier molecular flexibility index (Phi) is 8.34. The molecule has 0 saturated heterocycles. The minimum Gasteiger partial charge on any atom is -0.468 e. The van der Waals surface area contributed by atoms with Gasteiger partial charge in [-0.25, -0.2) is 14.7 Å². The van der Waals surface area contributed by atoms with Crippen LogP contribution in [-0.4, -0.2) is 66.0 Å². The van der Waals surface area contributed by atoms with Gasteiger partial charge in [0.15, 0.2) is 5.17 Å². The zero-order chi connectivity index (χ0) is 27.1. The molecule has 1 unspecified atom stereocenters. The van der Waals surface area contributed by atoms with Gasteiger partial charge < -0.3 is 14.2 Å². The highest BCUT2D eigenvalue weighted by atomic mass is 79.9. The van der Waals surface area contributed by atoms with Crippen molar-refractivity contribution in [1.82, 2.24) is 9.88 Å². The standard InChI is InChI=1S/C24H35BrFN3O5SSi/c1-22(2,3)34-21(31)29(14-33-9-10-36(6,7)8)20-28-23(4,16-11-15(25)13-27-18(16)26)17-12-24(17,35-20)19(30)32-5/h11,13,17H,9-10,12,14H2,1-8H3/t17?,23-,24+/m1/s1. The number of nitrogens with zero attached hydrogens (tertiary/aromatic N) is 3. The number of carbonyl (C=O) groups excluding carboxylic acids is 2. The van der Waals surface area contributed by atoms with E-state index in [9.17, 15) is 9.59 Å². The fourth-order valence-corrected chi connectivity index (χ4v) is 6.77.